The maximum absolute atomic E-state index is 12.0. The van der Waals surface area contributed by atoms with Crippen molar-refractivity contribution in [2.24, 2.45) is 0 Å². The summed E-state index contributed by atoms with van der Waals surface area (Å²) in [6.45, 7) is 7.10. The molecule has 0 unspecified atom stereocenters. The number of rotatable bonds is 6. The summed E-state index contributed by atoms with van der Waals surface area (Å²) in [5.41, 5.74) is -0.184. The summed E-state index contributed by atoms with van der Waals surface area (Å²) in [6.07, 6.45) is 0. The number of carbonyl (C=O) groups excluding carboxylic acids is 3. The highest BCUT2D eigenvalue weighted by atomic mass is 32.2. The SMILES string of the molecule is Cc1cc(NC(=O)[C@@H](C)SCCN2C(=O)NC(C)(C)C2=O)on1. The van der Waals surface area contributed by atoms with E-state index < -0.39 is 11.6 Å². The number of nitrogens with zero attached hydrogens (tertiary/aromatic N) is 2. The molecule has 0 saturated carbocycles. The van der Waals surface area contributed by atoms with Crippen LogP contribution in [0.1, 0.15) is 26.5 Å². The van der Waals surface area contributed by atoms with Crippen LogP contribution in [-0.4, -0.2) is 51.0 Å². The molecule has 1 atom stereocenters. The van der Waals surface area contributed by atoms with Gasteiger partial charge in [0, 0.05) is 18.4 Å². The van der Waals surface area contributed by atoms with Gasteiger partial charge in [0.2, 0.25) is 11.8 Å². The first-order valence-electron chi connectivity index (χ1n) is 7.20. The number of thioether (sulfide) groups is 1. The minimum Gasteiger partial charge on any atom is -0.338 e. The normalized spacial score (nSPS) is 18.0. The monoisotopic (exact) mass is 340 g/mol. The number of urea groups is 1. The maximum Gasteiger partial charge on any atom is 0.325 e. The third-order valence-corrected chi connectivity index (χ3v) is 4.50. The van der Waals surface area contributed by atoms with Crippen molar-refractivity contribution in [3.8, 4) is 0 Å². The zero-order chi connectivity index (χ0) is 17.2. The predicted molar refractivity (Wildman–Crippen MR) is 86.1 cm³/mol. The second kappa shape index (κ2) is 6.61. The van der Waals surface area contributed by atoms with Crippen molar-refractivity contribution in [2.45, 2.75) is 38.5 Å². The first-order valence-corrected chi connectivity index (χ1v) is 8.25. The maximum atomic E-state index is 12.0. The summed E-state index contributed by atoms with van der Waals surface area (Å²) in [6, 6.07) is 1.24. The number of anilines is 1. The second-order valence-corrected chi connectivity index (χ2v) is 7.30. The van der Waals surface area contributed by atoms with E-state index >= 15 is 0 Å². The van der Waals surface area contributed by atoms with Gasteiger partial charge < -0.3 is 9.84 Å². The van der Waals surface area contributed by atoms with Crippen molar-refractivity contribution < 1.29 is 18.9 Å². The Morgan fingerprint density at radius 1 is 1.52 bits per heavy atom. The second-order valence-electron chi connectivity index (χ2n) is 5.85. The lowest BCUT2D eigenvalue weighted by molar-refractivity contribution is -0.130. The Kier molecular flexibility index (Phi) is 4.98. The van der Waals surface area contributed by atoms with Crippen molar-refractivity contribution in [1.82, 2.24) is 15.4 Å². The summed E-state index contributed by atoms with van der Waals surface area (Å²) < 4.78 is 4.92. The first kappa shape index (κ1) is 17.3. The smallest absolute Gasteiger partial charge is 0.325 e. The van der Waals surface area contributed by atoms with Gasteiger partial charge in [-0.05, 0) is 27.7 Å². The van der Waals surface area contributed by atoms with Crippen molar-refractivity contribution in [2.75, 3.05) is 17.6 Å². The molecule has 2 rings (SSSR count). The molecule has 1 aromatic rings. The molecule has 1 saturated heterocycles. The fourth-order valence-electron chi connectivity index (χ4n) is 2.06. The number of nitrogens with one attached hydrogen (secondary N) is 2. The van der Waals surface area contributed by atoms with Crippen LogP contribution in [0.4, 0.5) is 10.7 Å². The van der Waals surface area contributed by atoms with Crippen LogP contribution in [0.3, 0.4) is 0 Å². The Bertz CT molecular complexity index is 628. The van der Waals surface area contributed by atoms with Crippen molar-refractivity contribution in [1.29, 1.82) is 0 Å². The van der Waals surface area contributed by atoms with Gasteiger partial charge in [0.1, 0.15) is 5.54 Å². The largest absolute Gasteiger partial charge is 0.338 e. The van der Waals surface area contributed by atoms with Gasteiger partial charge in [0.25, 0.3) is 5.91 Å². The molecule has 1 aromatic heterocycles. The van der Waals surface area contributed by atoms with Crippen molar-refractivity contribution in [3.05, 3.63) is 11.8 Å². The van der Waals surface area contributed by atoms with Crippen LogP contribution in [0, 0.1) is 6.92 Å². The minimum atomic E-state index is -0.866. The van der Waals surface area contributed by atoms with Gasteiger partial charge in [-0.1, -0.05) is 5.16 Å². The van der Waals surface area contributed by atoms with Gasteiger partial charge in [-0.2, -0.15) is 0 Å². The minimum absolute atomic E-state index is 0.219. The number of aryl methyl sites for hydroxylation is 1. The van der Waals surface area contributed by atoms with Crippen LogP contribution in [0.5, 0.6) is 0 Å². The van der Waals surface area contributed by atoms with E-state index in [9.17, 15) is 14.4 Å². The van der Waals surface area contributed by atoms with Gasteiger partial charge in [0.05, 0.1) is 10.9 Å². The molecule has 0 spiro atoms. The highest BCUT2D eigenvalue weighted by Crippen LogP contribution is 2.19. The van der Waals surface area contributed by atoms with E-state index in [0.717, 1.165) is 0 Å². The molecule has 1 aliphatic rings. The number of hydrogen-bond donors (Lipinski definition) is 2. The Hall–Kier alpha value is -2.03. The highest BCUT2D eigenvalue weighted by molar-refractivity contribution is 8.00. The van der Waals surface area contributed by atoms with Gasteiger partial charge in [-0.15, -0.1) is 11.8 Å². The lowest BCUT2D eigenvalue weighted by atomic mass is 10.1. The summed E-state index contributed by atoms with van der Waals surface area (Å²) in [4.78, 5) is 36.9. The molecule has 0 radical (unpaired) electrons. The molecule has 126 valence electrons. The van der Waals surface area contributed by atoms with Crippen LogP contribution in [0.25, 0.3) is 0 Å². The number of hydrogen-bond acceptors (Lipinski definition) is 6. The van der Waals surface area contributed by atoms with Gasteiger partial charge in [0.15, 0.2) is 0 Å². The van der Waals surface area contributed by atoms with Crippen molar-refractivity contribution >= 4 is 35.5 Å². The molecule has 0 aliphatic carbocycles. The van der Waals surface area contributed by atoms with Crippen LogP contribution < -0.4 is 10.6 Å². The third-order valence-electron chi connectivity index (χ3n) is 3.37. The van der Waals surface area contributed by atoms with E-state index in [4.69, 9.17) is 4.52 Å². The molecule has 8 nitrogen and oxygen atoms in total. The molecule has 9 heteroatoms. The average molecular weight is 340 g/mol. The topological polar surface area (TPSA) is 105 Å². The van der Waals surface area contributed by atoms with E-state index in [1.165, 1.54) is 16.7 Å². The van der Waals surface area contributed by atoms with Crippen LogP contribution in [-0.2, 0) is 9.59 Å². The molecule has 4 amide bonds. The summed E-state index contributed by atoms with van der Waals surface area (Å²) in [7, 11) is 0. The Labute approximate surface area is 138 Å². The molecule has 1 fully saturated rings. The molecule has 0 bridgehead atoms. The Morgan fingerprint density at radius 3 is 2.74 bits per heavy atom. The van der Waals surface area contributed by atoms with Crippen LogP contribution in [0.15, 0.2) is 10.6 Å². The molecule has 0 aromatic carbocycles. The zero-order valence-corrected chi connectivity index (χ0v) is 14.3. The molecule has 2 heterocycles. The van der Waals surface area contributed by atoms with Crippen molar-refractivity contribution in [3.63, 3.8) is 0 Å². The lowest BCUT2D eigenvalue weighted by Gasteiger charge is -2.16. The Morgan fingerprint density at radius 2 is 2.22 bits per heavy atom. The molecular formula is C14H20N4O4S. The van der Waals surface area contributed by atoms with E-state index in [0.29, 0.717) is 17.3 Å². The zero-order valence-electron chi connectivity index (χ0n) is 13.5. The molecule has 1 aliphatic heterocycles. The summed E-state index contributed by atoms with van der Waals surface area (Å²) in [5.74, 6) is 0.302. The molecular weight excluding hydrogens is 320 g/mol. The first-order chi connectivity index (χ1) is 10.7. The fourth-order valence-corrected chi connectivity index (χ4v) is 2.91. The third kappa shape index (κ3) is 4.04. The van der Waals surface area contributed by atoms with E-state index in [1.807, 2.05) is 0 Å². The van der Waals surface area contributed by atoms with E-state index in [2.05, 4.69) is 15.8 Å². The lowest BCUT2D eigenvalue weighted by Crippen LogP contribution is -2.40. The fraction of sp³-hybridized carbons (Fsp3) is 0.571. The van der Waals surface area contributed by atoms with Crippen LogP contribution >= 0.6 is 11.8 Å². The Balaban J connectivity index is 1.78. The van der Waals surface area contributed by atoms with Gasteiger partial charge >= 0.3 is 6.03 Å². The highest BCUT2D eigenvalue weighted by Gasteiger charge is 2.43. The summed E-state index contributed by atoms with van der Waals surface area (Å²) in [5, 5.41) is 8.58. The number of imide groups is 1. The quantitative estimate of drug-likeness (QED) is 0.758. The van der Waals surface area contributed by atoms with Crippen LogP contribution in [0.2, 0.25) is 0 Å². The number of carbonyl (C=O) groups is 3. The van der Waals surface area contributed by atoms with Gasteiger partial charge in [-0.25, -0.2) is 4.79 Å². The molecule has 23 heavy (non-hydrogen) atoms. The van der Waals surface area contributed by atoms with Gasteiger partial charge in [-0.3, -0.25) is 19.8 Å². The van der Waals surface area contributed by atoms with E-state index in [-0.39, 0.29) is 23.6 Å². The summed E-state index contributed by atoms with van der Waals surface area (Å²) >= 11 is 1.35. The standard InChI is InChI=1S/C14H20N4O4S/c1-8-7-10(22-17-8)15-11(19)9(2)23-6-5-18-12(20)14(3,4)16-13(18)21/h7,9H,5-6H2,1-4H3,(H,15,19)(H,16,21)/t9-/m1/s1. The van der Waals surface area contributed by atoms with E-state index in [1.54, 1.807) is 33.8 Å². The average Bonchev–Trinajstić information content (AvgIpc) is 2.94. The number of aromatic nitrogens is 1. The predicted octanol–water partition coefficient (Wildman–Crippen LogP) is 1.37. The molecule has 2 N–H and O–H groups in total. The number of amides is 4.